The second kappa shape index (κ2) is 8.31. The summed E-state index contributed by atoms with van der Waals surface area (Å²) in [6.07, 6.45) is 0.381. The maximum Gasteiger partial charge on any atom is 0.404 e. The van der Waals surface area contributed by atoms with Crippen LogP contribution in [0.3, 0.4) is 0 Å². The van der Waals surface area contributed by atoms with Crippen molar-refractivity contribution in [1.82, 2.24) is 10.6 Å². The highest BCUT2D eigenvalue weighted by Gasteiger charge is 2.28. The molecular formula is C15H20ClFN2O3. The lowest BCUT2D eigenvalue weighted by atomic mass is 9.89. The maximum atomic E-state index is 14.3. The van der Waals surface area contributed by atoms with Crippen molar-refractivity contribution in [2.24, 2.45) is 5.92 Å². The fraction of sp³-hybridized carbons (Fsp3) is 0.533. The average Bonchev–Trinajstić information content (AvgIpc) is 2.51. The largest absolute Gasteiger partial charge is 0.465 e. The van der Waals surface area contributed by atoms with Gasteiger partial charge in [-0.1, -0.05) is 23.7 Å². The third-order valence-corrected chi connectivity index (χ3v) is 4.02. The van der Waals surface area contributed by atoms with E-state index in [1.54, 1.807) is 12.1 Å². The van der Waals surface area contributed by atoms with Gasteiger partial charge in [0.05, 0.1) is 17.7 Å². The number of amides is 1. The Morgan fingerprint density at radius 1 is 1.59 bits per heavy atom. The molecule has 1 aliphatic rings. The molecule has 1 amide bonds. The van der Waals surface area contributed by atoms with E-state index in [4.69, 9.17) is 21.4 Å². The molecule has 1 heterocycles. The van der Waals surface area contributed by atoms with E-state index in [1.165, 1.54) is 6.07 Å². The van der Waals surface area contributed by atoms with Gasteiger partial charge in [-0.2, -0.15) is 0 Å². The Morgan fingerprint density at radius 2 is 2.41 bits per heavy atom. The van der Waals surface area contributed by atoms with Crippen molar-refractivity contribution < 1.29 is 19.0 Å². The first-order chi connectivity index (χ1) is 10.6. The summed E-state index contributed by atoms with van der Waals surface area (Å²) >= 11 is 5.86. The Morgan fingerprint density at radius 3 is 3.09 bits per heavy atom. The summed E-state index contributed by atoms with van der Waals surface area (Å²) < 4.78 is 20.1. The van der Waals surface area contributed by atoms with Gasteiger partial charge >= 0.3 is 6.09 Å². The van der Waals surface area contributed by atoms with Gasteiger partial charge in [0.2, 0.25) is 0 Å². The van der Waals surface area contributed by atoms with Crippen molar-refractivity contribution in [1.29, 1.82) is 0 Å². The van der Waals surface area contributed by atoms with Crippen molar-refractivity contribution in [2.75, 3.05) is 26.2 Å². The van der Waals surface area contributed by atoms with Crippen molar-refractivity contribution >= 4 is 17.7 Å². The Balaban J connectivity index is 2.10. The second-order valence-electron chi connectivity index (χ2n) is 5.27. The molecule has 0 spiro atoms. The van der Waals surface area contributed by atoms with E-state index in [0.717, 1.165) is 25.9 Å². The van der Waals surface area contributed by atoms with Crippen LogP contribution in [0.2, 0.25) is 5.02 Å². The topological polar surface area (TPSA) is 70.6 Å². The van der Waals surface area contributed by atoms with Gasteiger partial charge in [-0.3, -0.25) is 0 Å². The summed E-state index contributed by atoms with van der Waals surface area (Å²) in [6, 6.07) is 4.87. The van der Waals surface area contributed by atoms with Gasteiger partial charge in [0, 0.05) is 24.6 Å². The van der Waals surface area contributed by atoms with Gasteiger partial charge in [-0.25, -0.2) is 9.18 Å². The summed E-state index contributed by atoms with van der Waals surface area (Å²) in [5, 5.41) is 14.2. The third kappa shape index (κ3) is 4.56. The molecule has 1 aromatic rings. The zero-order chi connectivity index (χ0) is 15.9. The lowest BCUT2D eigenvalue weighted by Crippen LogP contribution is -2.35. The molecule has 2 unspecified atom stereocenters. The minimum Gasteiger partial charge on any atom is -0.465 e. The van der Waals surface area contributed by atoms with Crippen LogP contribution in [0.5, 0.6) is 0 Å². The van der Waals surface area contributed by atoms with Gasteiger partial charge in [0.15, 0.2) is 0 Å². The SMILES string of the molecule is O=C(O)NCCOC(c1cccc(Cl)c1F)C1CCCNC1. The van der Waals surface area contributed by atoms with E-state index in [2.05, 4.69) is 10.6 Å². The van der Waals surface area contributed by atoms with Gasteiger partial charge in [-0.05, 0) is 25.5 Å². The molecule has 0 bridgehead atoms. The van der Waals surface area contributed by atoms with Crippen molar-refractivity contribution in [3.05, 3.63) is 34.6 Å². The highest BCUT2D eigenvalue weighted by Crippen LogP contribution is 2.34. The number of ether oxygens (including phenoxy) is 1. The predicted octanol–water partition coefficient (Wildman–Crippen LogP) is 2.80. The van der Waals surface area contributed by atoms with E-state index in [0.29, 0.717) is 5.56 Å². The van der Waals surface area contributed by atoms with Gasteiger partial charge in [-0.15, -0.1) is 0 Å². The monoisotopic (exact) mass is 330 g/mol. The van der Waals surface area contributed by atoms with Crippen LogP contribution in [0.15, 0.2) is 18.2 Å². The van der Waals surface area contributed by atoms with Gasteiger partial charge in [0.25, 0.3) is 0 Å². The Kier molecular flexibility index (Phi) is 6.42. The Hall–Kier alpha value is -1.37. The molecule has 1 aromatic carbocycles. The number of carboxylic acid groups (broad SMARTS) is 1. The average molecular weight is 331 g/mol. The maximum absolute atomic E-state index is 14.3. The molecule has 1 fully saturated rings. The minimum absolute atomic E-state index is 0.0681. The number of hydrogen-bond acceptors (Lipinski definition) is 3. The number of benzene rings is 1. The molecule has 7 heteroatoms. The highest BCUT2D eigenvalue weighted by atomic mass is 35.5. The van der Waals surface area contributed by atoms with Crippen LogP contribution in [-0.2, 0) is 4.74 Å². The standard InChI is InChI=1S/C15H20ClFN2O3/c16-12-5-1-4-11(13(12)17)14(10-3-2-6-18-9-10)22-8-7-19-15(20)21/h1,4-5,10,14,18-19H,2-3,6-9H2,(H,20,21). The first-order valence-electron chi connectivity index (χ1n) is 7.32. The molecule has 1 aliphatic heterocycles. The number of hydrogen-bond donors (Lipinski definition) is 3. The number of carbonyl (C=O) groups is 1. The smallest absolute Gasteiger partial charge is 0.404 e. The molecule has 5 nitrogen and oxygen atoms in total. The van der Waals surface area contributed by atoms with E-state index >= 15 is 0 Å². The molecule has 2 rings (SSSR count). The first kappa shape index (κ1) is 17.0. The fourth-order valence-corrected chi connectivity index (χ4v) is 2.88. The molecule has 22 heavy (non-hydrogen) atoms. The lowest BCUT2D eigenvalue weighted by molar-refractivity contribution is 0.00278. The minimum atomic E-state index is -1.10. The molecule has 0 radical (unpaired) electrons. The van der Waals surface area contributed by atoms with Crippen molar-refractivity contribution in [3.8, 4) is 0 Å². The number of rotatable bonds is 6. The summed E-state index contributed by atoms with van der Waals surface area (Å²) in [4.78, 5) is 10.5. The lowest BCUT2D eigenvalue weighted by Gasteiger charge is -2.31. The van der Waals surface area contributed by atoms with Crippen molar-refractivity contribution in [2.45, 2.75) is 18.9 Å². The van der Waals surface area contributed by atoms with Crippen LogP contribution in [0.25, 0.3) is 0 Å². The van der Waals surface area contributed by atoms with E-state index in [9.17, 15) is 9.18 Å². The number of halogens is 2. The highest BCUT2D eigenvalue weighted by molar-refractivity contribution is 6.30. The molecule has 122 valence electrons. The van der Waals surface area contributed by atoms with Gasteiger partial charge < -0.3 is 20.5 Å². The summed E-state index contributed by atoms with van der Waals surface area (Å²) in [7, 11) is 0. The first-order valence-corrected chi connectivity index (χ1v) is 7.70. The quantitative estimate of drug-likeness (QED) is 0.701. The van der Waals surface area contributed by atoms with Crippen LogP contribution < -0.4 is 10.6 Å². The Labute approximate surface area is 133 Å². The van der Waals surface area contributed by atoms with Crippen LogP contribution in [-0.4, -0.2) is 37.4 Å². The third-order valence-electron chi connectivity index (χ3n) is 3.73. The second-order valence-corrected chi connectivity index (χ2v) is 5.68. The Bertz CT molecular complexity index is 510. The van der Waals surface area contributed by atoms with Gasteiger partial charge in [0.1, 0.15) is 5.82 Å². The molecular weight excluding hydrogens is 311 g/mol. The number of piperidine rings is 1. The van der Waals surface area contributed by atoms with Crippen LogP contribution >= 0.6 is 11.6 Å². The zero-order valence-electron chi connectivity index (χ0n) is 12.1. The van der Waals surface area contributed by atoms with Crippen LogP contribution in [0, 0.1) is 11.7 Å². The molecule has 1 saturated heterocycles. The molecule has 0 saturated carbocycles. The fourth-order valence-electron chi connectivity index (χ4n) is 2.70. The van der Waals surface area contributed by atoms with E-state index < -0.39 is 18.0 Å². The summed E-state index contributed by atoms with van der Waals surface area (Å²) in [5.41, 5.74) is 0.427. The molecule has 0 aromatic heterocycles. The van der Waals surface area contributed by atoms with Crippen LogP contribution in [0.1, 0.15) is 24.5 Å². The zero-order valence-corrected chi connectivity index (χ0v) is 12.9. The summed E-state index contributed by atoms with van der Waals surface area (Å²) in [5.74, 6) is -0.336. The molecule has 3 N–H and O–H groups in total. The molecule has 2 atom stereocenters. The molecule has 0 aliphatic carbocycles. The van der Waals surface area contributed by atoms with Crippen molar-refractivity contribution in [3.63, 3.8) is 0 Å². The summed E-state index contributed by atoms with van der Waals surface area (Å²) in [6.45, 7) is 2.03. The van der Waals surface area contributed by atoms with E-state index in [1.807, 2.05) is 0 Å². The normalized spacial score (nSPS) is 19.6. The number of nitrogens with one attached hydrogen (secondary N) is 2. The predicted molar refractivity (Wildman–Crippen MR) is 81.7 cm³/mol. The van der Waals surface area contributed by atoms with E-state index in [-0.39, 0.29) is 24.1 Å². The van der Waals surface area contributed by atoms with Crippen LogP contribution in [0.4, 0.5) is 9.18 Å².